The SMILES string of the molecule is CCOc1ccc(CCCCCCNCC(C)C)cc1. The van der Waals surface area contributed by atoms with Crippen LogP contribution in [0, 0.1) is 5.92 Å². The van der Waals surface area contributed by atoms with E-state index in [1.807, 2.05) is 6.92 Å². The number of hydrogen-bond donors (Lipinski definition) is 1. The largest absolute Gasteiger partial charge is 0.494 e. The minimum Gasteiger partial charge on any atom is -0.494 e. The van der Waals surface area contributed by atoms with Gasteiger partial charge in [0.25, 0.3) is 0 Å². The van der Waals surface area contributed by atoms with Crippen LogP contribution in [0.15, 0.2) is 24.3 Å². The van der Waals surface area contributed by atoms with Crippen LogP contribution in [-0.2, 0) is 6.42 Å². The van der Waals surface area contributed by atoms with Gasteiger partial charge in [-0.15, -0.1) is 0 Å². The van der Waals surface area contributed by atoms with E-state index >= 15 is 0 Å². The Labute approximate surface area is 124 Å². The lowest BCUT2D eigenvalue weighted by molar-refractivity contribution is 0.340. The van der Waals surface area contributed by atoms with Crippen LogP contribution in [0.5, 0.6) is 5.75 Å². The Morgan fingerprint density at radius 1 is 1.00 bits per heavy atom. The van der Waals surface area contributed by atoms with Gasteiger partial charge in [0, 0.05) is 0 Å². The second kappa shape index (κ2) is 10.7. The lowest BCUT2D eigenvalue weighted by Crippen LogP contribution is -2.20. The first kappa shape index (κ1) is 17.0. The van der Waals surface area contributed by atoms with E-state index in [0.29, 0.717) is 0 Å². The topological polar surface area (TPSA) is 21.3 Å². The van der Waals surface area contributed by atoms with Crippen molar-refractivity contribution in [3.8, 4) is 5.75 Å². The van der Waals surface area contributed by atoms with Gasteiger partial charge in [-0.2, -0.15) is 0 Å². The van der Waals surface area contributed by atoms with Gasteiger partial charge in [-0.1, -0.05) is 38.8 Å². The van der Waals surface area contributed by atoms with Crippen LogP contribution in [0.25, 0.3) is 0 Å². The Balaban J connectivity index is 2.00. The molecule has 2 nitrogen and oxygen atoms in total. The number of benzene rings is 1. The third kappa shape index (κ3) is 8.21. The maximum atomic E-state index is 5.45. The first-order valence-electron chi connectivity index (χ1n) is 8.14. The Morgan fingerprint density at radius 2 is 1.70 bits per heavy atom. The van der Waals surface area contributed by atoms with E-state index in [1.54, 1.807) is 0 Å². The summed E-state index contributed by atoms with van der Waals surface area (Å²) in [5, 5.41) is 3.50. The molecular weight excluding hydrogens is 246 g/mol. The highest BCUT2D eigenvalue weighted by atomic mass is 16.5. The fourth-order valence-corrected chi connectivity index (χ4v) is 2.24. The molecule has 0 saturated heterocycles. The fraction of sp³-hybridized carbons (Fsp3) is 0.667. The number of rotatable bonds is 11. The summed E-state index contributed by atoms with van der Waals surface area (Å²) in [5.74, 6) is 1.74. The predicted octanol–water partition coefficient (Wildman–Crippen LogP) is 4.43. The third-order valence-electron chi connectivity index (χ3n) is 3.36. The molecule has 0 bridgehead atoms. The van der Waals surface area contributed by atoms with Gasteiger partial charge in [0.05, 0.1) is 6.61 Å². The summed E-state index contributed by atoms with van der Waals surface area (Å²) in [5.41, 5.74) is 1.42. The minimum atomic E-state index is 0.740. The van der Waals surface area contributed by atoms with E-state index in [-0.39, 0.29) is 0 Å². The van der Waals surface area contributed by atoms with Crippen LogP contribution in [0.4, 0.5) is 0 Å². The van der Waals surface area contributed by atoms with Crippen molar-refractivity contribution in [3.05, 3.63) is 29.8 Å². The van der Waals surface area contributed by atoms with Crippen molar-refractivity contribution in [2.45, 2.75) is 52.9 Å². The quantitative estimate of drug-likeness (QED) is 0.604. The second-order valence-corrected chi connectivity index (χ2v) is 5.84. The average Bonchev–Trinajstić information content (AvgIpc) is 2.43. The van der Waals surface area contributed by atoms with Crippen molar-refractivity contribution in [2.24, 2.45) is 5.92 Å². The third-order valence-corrected chi connectivity index (χ3v) is 3.36. The van der Waals surface area contributed by atoms with Gasteiger partial charge in [-0.3, -0.25) is 0 Å². The normalized spacial score (nSPS) is 11.0. The van der Waals surface area contributed by atoms with Gasteiger partial charge < -0.3 is 10.1 Å². The molecule has 1 N–H and O–H groups in total. The number of hydrogen-bond acceptors (Lipinski definition) is 2. The Bertz CT molecular complexity index is 332. The van der Waals surface area contributed by atoms with E-state index in [2.05, 4.69) is 43.4 Å². The molecule has 1 aromatic carbocycles. The molecule has 2 heteroatoms. The van der Waals surface area contributed by atoms with Crippen LogP contribution in [0.1, 0.15) is 52.0 Å². The van der Waals surface area contributed by atoms with Gasteiger partial charge in [-0.05, 0) is 62.9 Å². The molecule has 0 unspecified atom stereocenters. The summed E-state index contributed by atoms with van der Waals surface area (Å²) < 4.78 is 5.45. The molecule has 20 heavy (non-hydrogen) atoms. The molecule has 114 valence electrons. The molecule has 0 spiro atoms. The zero-order chi connectivity index (χ0) is 14.6. The van der Waals surface area contributed by atoms with Crippen molar-refractivity contribution < 1.29 is 4.74 Å². The molecule has 0 radical (unpaired) electrons. The molecule has 0 aliphatic rings. The molecule has 0 aliphatic heterocycles. The van der Waals surface area contributed by atoms with E-state index in [4.69, 9.17) is 4.74 Å². The summed E-state index contributed by atoms with van der Waals surface area (Å²) >= 11 is 0. The average molecular weight is 277 g/mol. The zero-order valence-electron chi connectivity index (χ0n) is 13.5. The highest BCUT2D eigenvalue weighted by Gasteiger charge is 1.97. The van der Waals surface area contributed by atoms with Crippen LogP contribution in [-0.4, -0.2) is 19.7 Å². The molecule has 0 aromatic heterocycles. The maximum absolute atomic E-state index is 5.45. The molecule has 1 rings (SSSR count). The molecule has 0 fully saturated rings. The lowest BCUT2D eigenvalue weighted by Gasteiger charge is -2.07. The fourth-order valence-electron chi connectivity index (χ4n) is 2.24. The molecule has 0 saturated carbocycles. The van der Waals surface area contributed by atoms with E-state index in [0.717, 1.165) is 24.8 Å². The molecular formula is C18H31NO. The summed E-state index contributed by atoms with van der Waals surface area (Å²) in [6.07, 6.45) is 6.44. The lowest BCUT2D eigenvalue weighted by atomic mass is 10.1. The van der Waals surface area contributed by atoms with Crippen LogP contribution >= 0.6 is 0 Å². The summed E-state index contributed by atoms with van der Waals surface area (Å²) in [4.78, 5) is 0. The number of unbranched alkanes of at least 4 members (excludes halogenated alkanes) is 3. The Kier molecular flexibility index (Phi) is 9.14. The Morgan fingerprint density at radius 3 is 2.35 bits per heavy atom. The Hall–Kier alpha value is -1.02. The minimum absolute atomic E-state index is 0.740. The van der Waals surface area contributed by atoms with Crippen molar-refractivity contribution in [2.75, 3.05) is 19.7 Å². The van der Waals surface area contributed by atoms with E-state index in [1.165, 1.54) is 44.2 Å². The molecule has 0 aliphatic carbocycles. The summed E-state index contributed by atoms with van der Waals surface area (Å²) in [6, 6.07) is 8.54. The highest BCUT2D eigenvalue weighted by molar-refractivity contribution is 5.27. The van der Waals surface area contributed by atoms with Gasteiger partial charge in [0.2, 0.25) is 0 Å². The monoisotopic (exact) mass is 277 g/mol. The van der Waals surface area contributed by atoms with Crippen molar-refractivity contribution in [1.29, 1.82) is 0 Å². The highest BCUT2D eigenvalue weighted by Crippen LogP contribution is 2.14. The van der Waals surface area contributed by atoms with Crippen LogP contribution in [0.3, 0.4) is 0 Å². The molecule has 1 aromatic rings. The number of aryl methyl sites for hydroxylation is 1. The van der Waals surface area contributed by atoms with Crippen molar-refractivity contribution >= 4 is 0 Å². The van der Waals surface area contributed by atoms with Gasteiger partial charge >= 0.3 is 0 Å². The van der Waals surface area contributed by atoms with Gasteiger partial charge in [0.1, 0.15) is 5.75 Å². The number of nitrogens with one attached hydrogen (secondary N) is 1. The maximum Gasteiger partial charge on any atom is 0.119 e. The van der Waals surface area contributed by atoms with Crippen molar-refractivity contribution in [3.63, 3.8) is 0 Å². The first-order chi connectivity index (χ1) is 9.72. The van der Waals surface area contributed by atoms with Crippen molar-refractivity contribution in [1.82, 2.24) is 5.32 Å². The van der Waals surface area contributed by atoms with Crippen LogP contribution < -0.4 is 10.1 Å². The smallest absolute Gasteiger partial charge is 0.119 e. The molecule has 0 heterocycles. The summed E-state index contributed by atoms with van der Waals surface area (Å²) in [6.45, 7) is 9.58. The molecule has 0 amide bonds. The summed E-state index contributed by atoms with van der Waals surface area (Å²) in [7, 11) is 0. The van der Waals surface area contributed by atoms with Gasteiger partial charge in [0.15, 0.2) is 0 Å². The van der Waals surface area contributed by atoms with Crippen LogP contribution in [0.2, 0.25) is 0 Å². The van der Waals surface area contributed by atoms with E-state index in [9.17, 15) is 0 Å². The predicted molar refractivity (Wildman–Crippen MR) is 87.5 cm³/mol. The standard InChI is InChI=1S/C18H31NO/c1-4-20-18-12-10-17(11-13-18)9-7-5-6-8-14-19-15-16(2)3/h10-13,16,19H,4-9,14-15H2,1-3H3. The zero-order valence-corrected chi connectivity index (χ0v) is 13.5. The number of ether oxygens (including phenoxy) is 1. The van der Waals surface area contributed by atoms with E-state index < -0.39 is 0 Å². The molecule has 0 atom stereocenters. The second-order valence-electron chi connectivity index (χ2n) is 5.84. The first-order valence-corrected chi connectivity index (χ1v) is 8.14. The van der Waals surface area contributed by atoms with Gasteiger partial charge in [-0.25, -0.2) is 0 Å².